The first-order chi connectivity index (χ1) is 26.1. The smallest absolute Gasteiger partial charge is 0.472 e. The summed E-state index contributed by atoms with van der Waals surface area (Å²) >= 11 is 0. The number of carboxylic acid groups (broad SMARTS) is 1. The molecule has 0 aliphatic heterocycles. The second-order valence-electron chi connectivity index (χ2n) is 13.0. The molecule has 0 bridgehead atoms. The summed E-state index contributed by atoms with van der Waals surface area (Å²) in [6, 6.07) is -1.53. The topological polar surface area (TPSA) is 172 Å². The Morgan fingerprint density at radius 3 is 1.59 bits per heavy atom. The molecular formula is C42H70NO10P. The molecule has 0 rings (SSSR count). The number of ether oxygens (including phenoxy) is 2. The van der Waals surface area contributed by atoms with Crippen molar-refractivity contribution >= 4 is 25.7 Å². The van der Waals surface area contributed by atoms with Gasteiger partial charge in [0, 0.05) is 12.8 Å². The van der Waals surface area contributed by atoms with Crippen LogP contribution in [-0.4, -0.2) is 59.9 Å². The van der Waals surface area contributed by atoms with E-state index in [9.17, 15) is 23.8 Å². The number of unbranched alkanes of at least 4 members (excludes halogenated alkanes) is 10. The highest BCUT2D eigenvalue weighted by Crippen LogP contribution is 2.43. The van der Waals surface area contributed by atoms with Gasteiger partial charge in [0.25, 0.3) is 0 Å². The molecular weight excluding hydrogens is 709 g/mol. The van der Waals surface area contributed by atoms with Crippen LogP contribution in [0.3, 0.4) is 0 Å². The first-order valence-corrected chi connectivity index (χ1v) is 21.5. The number of phosphoric ester groups is 1. The fourth-order valence-electron chi connectivity index (χ4n) is 4.78. The molecule has 308 valence electrons. The fourth-order valence-corrected chi connectivity index (χ4v) is 5.55. The average molecular weight is 780 g/mol. The van der Waals surface area contributed by atoms with Gasteiger partial charge in [-0.15, -0.1) is 0 Å². The van der Waals surface area contributed by atoms with Gasteiger partial charge in [-0.3, -0.25) is 23.4 Å². The molecule has 0 aromatic heterocycles. The maximum atomic E-state index is 12.5. The van der Waals surface area contributed by atoms with Gasteiger partial charge in [0.2, 0.25) is 0 Å². The Balaban J connectivity index is 4.46. The molecule has 11 nitrogen and oxygen atoms in total. The lowest BCUT2D eigenvalue weighted by Crippen LogP contribution is -2.34. The van der Waals surface area contributed by atoms with E-state index in [1.807, 2.05) is 0 Å². The predicted octanol–water partition coefficient (Wildman–Crippen LogP) is 10.2. The van der Waals surface area contributed by atoms with E-state index < -0.39 is 51.1 Å². The van der Waals surface area contributed by atoms with Crippen LogP contribution in [0.5, 0.6) is 0 Å². The second-order valence-corrected chi connectivity index (χ2v) is 14.5. The van der Waals surface area contributed by atoms with Crippen LogP contribution in [0.25, 0.3) is 0 Å². The van der Waals surface area contributed by atoms with Gasteiger partial charge >= 0.3 is 25.7 Å². The summed E-state index contributed by atoms with van der Waals surface area (Å²) < 4.78 is 32.5. The SMILES string of the molecule is CC/C=C\C/C=C\C/C=C\C/C=C\C/C=C\CCCCCC(=O)OC[C@H](COP(=O)(O)OC[C@H](N)C(=O)O)OC(=O)CCCCCCC/C=C\CCCC. The van der Waals surface area contributed by atoms with E-state index in [4.69, 9.17) is 24.8 Å². The summed E-state index contributed by atoms with van der Waals surface area (Å²) in [5.74, 6) is -2.45. The number of allylic oxidation sites excluding steroid dienone is 12. The molecule has 0 aliphatic carbocycles. The van der Waals surface area contributed by atoms with Crippen LogP contribution in [-0.2, 0) is 37.5 Å². The Hall–Kier alpha value is -3.08. The zero-order chi connectivity index (χ0) is 40.0. The van der Waals surface area contributed by atoms with Crippen LogP contribution < -0.4 is 5.73 Å². The maximum Gasteiger partial charge on any atom is 0.472 e. The third kappa shape index (κ3) is 35.9. The van der Waals surface area contributed by atoms with Crippen molar-refractivity contribution < 1.29 is 47.5 Å². The molecule has 3 atom stereocenters. The highest BCUT2D eigenvalue weighted by atomic mass is 31.2. The minimum Gasteiger partial charge on any atom is -0.480 e. The molecule has 54 heavy (non-hydrogen) atoms. The van der Waals surface area contributed by atoms with Gasteiger partial charge in [0.1, 0.15) is 12.6 Å². The lowest BCUT2D eigenvalue weighted by atomic mass is 10.1. The zero-order valence-corrected chi connectivity index (χ0v) is 33.9. The molecule has 12 heteroatoms. The van der Waals surface area contributed by atoms with Crippen molar-refractivity contribution in [3.63, 3.8) is 0 Å². The van der Waals surface area contributed by atoms with Gasteiger partial charge in [-0.05, 0) is 77.0 Å². The number of carboxylic acids is 1. The molecule has 0 saturated carbocycles. The van der Waals surface area contributed by atoms with Crippen LogP contribution in [0.4, 0.5) is 0 Å². The van der Waals surface area contributed by atoms with Crippen molar-refractivity contribution in [1.29, 1.82) is 0 Å². The normalized spacial score (nSPS) is 14.6. The maximum absolute atomic E-state index is 12.5. The average Bonchev–Trinajstić information content (AvgIpc) is 3.14. The van der Waals surface area contributed by atoms with E-state index in [0.29, 0.717) is 12.8 Å². The molecule has 0 aromatic carbocycles. The van der Waals surface area contributed by atoms with Crippen molar-refractivity contribution in [3.8, 4) is 0 Å². The van der Waals surface area contributed by atoms with E-state index in [-0.39, 0.29) is 19.4 Å². The third-order valence-corrected chi connectivity index (χ3v) is 8.89. The van der Waals surface area contributed by atoms with Gasteiger partial charge in [-0.25, -0.2) is 4.57 Å². The van der Waals surface area contributed by atoms with Crippen LogP contribution in [0.2, 0.25) is 0 Å². The van der Waals surface area contributed by atoms with Crippen LogP contribution >= 0.6 is 7.82 Å². The molecule has 0 amide bonds. The summed E-state index contributed by atoms with van der Waals surface area (Å²) in [5.41, 5.74) is 5.31. The minimum atomic E-state index is -4.72. The monoisotopic (exact) mass is 779 g/mol. The van der Waals surface area contributed by atoms with Crippen molar-refractivity contribution in [3.05, 3.63) is 72.9 Å². The number of nitrogens with two attached hydrogens (primary N) is 1. The lowest BCUT2D eigenvalue weighted by Gasteiger charge is -2.20. The number of aliphatic carboxylic acids is 1. The van der Waals surface area contributed by atoms with Crippen molar-refractivity contribution in [1.82, 2.24) is 0 Å². The number of phosphoric acid groups is 1. The number of esters is 2. The Kier molecular flexibility index (Phi) is 34.8. The molecule has 0 radical (unpaired) electrons. The third-order valence-electron chi connectivity index (χ3n) is 7.94. The summed E-state index contributed by atoms with van der Waals surface area (Å²) in [6.07, 6.45) is 42.6. The van der Waals surface area contributed by atoms with E-state index in [1.54, 1.807) is 0 Å². The van der Waals surface area contributed by atoms with Gasteiger partial charge in [-0.1, -0.05) is 125 Å². The van der Waals surface area contributed by atoms with E-state index in [1.165, 1.54) is 12.8 Å². The van der Waals surface area contributed by atoms with Crippen molar-refractivity contribution in [2.75, 3.05) is 19.8 Å². The van der Waals surface area contributed by atoms with Gasteiger partial charge < -0.3 is 25.2 Å². The largest absolute Gasteiger partial charge is 0.480 e. The Labute approximate surface area is 325 Å². The Morgan fingerprint density at radius 2 is 1.04 bits per heavy atom. The number of hydrogen-bond donors (Lipinski definition) is 3. The molecule has 1 unspecified atom stereocenters. The van der Waals surface area contributed by atoms with Crippen LogP contribution in [0.1, 0.15) is 142 Å². The lowest BCUT2D eigenvalue weighted by molar-refractivity contribution is -0.161. The van der Waals surface area contributed by atoms with Gasteiger partial charge in [0.15, 0.2) is 6.10 Å². The summed E-state index contributed by atoms with van der Waals surface area (Å²) in [5, 5.41) is 8.86. The Morgan fingerprint density at radius 1 is 0.593 bits per heavy atom. The number of carbonyl (C=O) groups excluding carboxylic acids is 2. The molecule has 0 aromatic rings. The van der Waals surface area contributed by atoms with E-state index >= 15 is 0 Å². The molecule has 0 saturated heterocycles. The molecule has 0 spiro atoms. The van der Waals surface area contributed by atoms with E-state index in [2.05, 4.69) is 91.3 Å². The predicted molar refractivity (Wildman–Crippen MR) is 217 cm³/mol. The molecule has 0 aliphatic rings. The number of carbonyl (C=O) groups is 3. The molecule has 0 heterocycles. The van der Waals surface area contributed by atoms with Crippen molar-refractivity contribution in [2.45, 2.75) is 154 Å². The van der Waals surface area contributed by atoms with Crippen LogP contribution in [0, 0.1) is 0 Å². The first-order valence-electron chi connectivity index (χ1n) is 20.0. The summed E-state index contributed by atoms with van der Waals surface area (Å²) in [4.78, 5) is 45.8. The van der Waals surface area contributed by atoms with Gasteiger partial charge in [0.05, 0.1) is 13.2 Å². The zero-order valence-electron chi connectivity index (χ0n) is 33.0. The quantitative estimate of drug-likeness (QED) is 0.0239. The summed E-state index contributed by atoms with van der Waals surface area (Å²) in [6.45, 7) is 2.57. The Bertz CT molecular complexity index is 1190. The highest BCUT2D eigenvalue weighted by molar-refractivity contribution is 7.47. The fraction of sp³-hybridized carbons (Fsp3) is 0.643. The number of hydrogen-bond acceptors (Lipinski definition) is 9. The second kappa shape index (κ2) is 36.9. The van der Waals surface area contributed by atoms with Crippen molar-refractivity contribution in [2.24, 2.45) is 5.73 Å². The summed E-state index contributed by atoms with van der Waals surface area (Å²) in [7, 11) is -4.72. The highest BCUT2D eigenvalue weighted by Gasteiger charge is 2.28. The minimum absolute atomic E-state index is 0.139. The standard InChI is InChI=1S/C42H70NO10P/c1-3-5-7-9-11-13-15-16-17-18-19-20-21-22-24-25-27-29-31-33-40(44)50-35-38(36-51-54(48,49)52-37-39(43)42(46)47)53-41(45)34-32-30-28-26-23-14-12-10-8-6-4-2/h5,7,10-13,16-17,19-20,22,24,38-39H,3-4,6,8-9,14-15,18,21,23,25-37,43H2,1-2H3,(H,46,47)(H,48,49)/b7-5-,12-10-,13-11-,17-16-,20-19-,24-22-/t38-,39+/m1/s1. The van der Waals surface area contributed by atoms with E-state index in [0.717, 1.165) is 89.9 Å². The first kappa shape index (κ1) is 50.9. The molecule has 4 N–H and O–H groups in total. The van der Waals surface area contributed by atoms with Gasteiger partial charge in [-0.2, -0.15) is 0 Å². The van der Waals surface area contributed by atoms with Crippen LogP contribution in [0.15, 0.2) is 72.9 Å². The number of rotatable bonds is 36. The molecule has 0 fully saturated rings.